The number of pyridine rings is 5. The van der Waals surface area contributed by atoms with E-state index < -0.39 is 11.7 Å². The van der Waals surface area contributed by atoms with E-state index >= 15 is 0 Å². The SMILES string of the molecule is CCOc1cc[n+](C)c(-c2cc3c(cc2C)C(=O)C=CC3=O)c1.CCOc1ccc(-c2cc3c(cc2C)CCCC3)[n+](C)c1.Cc1cc(-c2ccccc2)ccc1-c1cccc[n+]1C.Cc1ccc(COC=O)cc1-c1ccc(C(F)(F)F)c[n+]1C.Cc1sc2ccccc2c1-c1cc([N+](=O)[O-])cc[n+]1C. The number of carbonyl (C=O) groups is 3. The topological polar surface area (TPSA) is 141 Å². The largest absolute Gasteiger partial charge is 0.493 e. The summed E-state index contributed by atoms with van der Waals surface area (Å²) >= 11 is 1.71. The Hall–Kier alpha value is -11.6. The normalized spacial score (nSPS) is 12.0. The summed E-state index contributed by atoms with van der Waals surface area (Å²) in [7, 11) is 9.59. The van der Waals surface area contributed by atoms with Gasteiger partial charge in [0.05, 0.1) is 41.9 Å². The van der Waals surface area contributed by atoms with Crippen molar-refractivity contribution in [3.63, 3.8) is 0 Å². The number of hydrogen-bond donors (Lipinski definition) is 0. The molecule has 0 fully saturated rings. The first-order valence-electron chi connectivity index (χ1n) is 35.1. The number of nitro groups is 1. The molecular formula is C88H88F3N6O8S+5. The van der Waals surface area contributed by atoms with Gasteiger partial charge in [0.2, 0.25) is 34.7 Å². The van der Waals surface area contributed by atoms with Gasteiger partial charge >= 0.3 is 6.18 Å². The molecular weight excluding hydrogens is 1360 g/mol. The Morgan fingerprint density at radius 2 is 1.08 bits per heavy atom. The Kier molecular flexibility index (Phi) is 25.3. The first-order valence-corrected chi connectivity index (χ1v) is 35.9. The van der Waals surface area contributed by atoms with E-state index in [2.05, 4.69) is 160 Å². The number of allylic oxidation sites excluding steroid dienone is 2. The van der Waals surface area contributed by atoms with Crippen molar-refractivity contribution in [3.05, 3.63) is 296 Å². The average Bonchev–Trinajstić information content (AvgIpc) is 1.57. The van der Waals surface area contributed by atoms with Crippen molar-refractivity contribution >= 4 is 45.1 Å². The number of halogens is 3. The molecule has 0 N–H and O–H groups in total. The van der Waals surface area contributed by atoms with Crippen LogP contribution in [-0.4, -0.2) is 36.2 Å². The summed E-state index contributed by atoms with van der Waals surface area (Å²) in [5.74, 6) is 1.45. The number of fused-ring (bicyclic) bond motifs is 3. The smallest absolute Gasteiger partial charge is 0.422 e. The van der Waals surface area contributed by atoms with Crippen LogP contribution in [0, 0.1) is 44.7 Å². The van der Waals surface area contributed by atoms with Gasteiger partial charge in [-0.25, -0.2) is 18.3 Å². The van der Waals surface area contributed by atoms with Crippen molar-refractivity contribution in [2.24, 2.45) is 35.2 Å². The van der Waals surface area contributed by atoms with Crippen molar-refractivity contribution in [2.75, 3.05) is 13.2 Å². The van der Waals surface area contributed by atoms with Crippen LogP contribution in [0.15, 0.2) is 225 Å². The maximum atomic E-state index is 12.7. The number of aromatic nitrogens is 5. The van der Waals surface area contributed by atoms with Crippen LogP contribution in [0.2, 0.25) is 0 Å². The lowest BCUT2D eigenvalue weighted by atomic mass is 9.87. The van der Waals surface area contributed by atoms with E-state index in [1.807, 2.05) is 93.5 Å². The van der Waals surface area contributed by atoms with Crippen molar-refractivity contribution in [2.45, 2.75) is 86.9 Å². The molecule has 14 nitrogen and oxygen atoms in total. The van der Waals surface area contributed by atoms with Crippen LogP contribution in [0.5, 0.6) is 11.5 Å². The Bertz CT molecular complexity index is 5280. The number of ketones is 2. The minimum absolute atomic E-state index is 0.118. The zero-order valence-corrected chi connectivity index (χ0v) is 62.7. The standard InChI is InChI=1S/C19H18NO3.C19H24NO.C19H18N.C16H15F3NO2.C15H13N2O2S/c1-4-23-13-7-8-20(3)17(10-13)14-11-16-15(9-12(14)2)18(21)5-6-19(16)22;1-4-21-17-9-10-19(20(3)13-17)18-12-16-8-6-5-7-15(16)11-14(18)2;1-15-14-17(16-8-4-3-5-9-16)11-12-18(15)19-10-6-7-13-20(19)2;1-11-3-4-12(9-22-10-21)7-14(11)15-6-5-13(8-20(15)2)16(17,18)19;1-10-15(12-5-3-4-6-14(12)20-10)13-9-11(17(18)19)7-8-16(13)2/h5-11H,4H2,1-3H3;9-13H,4-8H2,1-3H3;3-14H,1-2H3;3-8,10H,9H2,1-2H3;3-9H,1-2H3/q5*+1. The van der Waals surface area contributed by atoms with Crippen molar-refractivity contribution in [3.8, 4) is 78.9 Å². The third-order valence-electron chi connectivity index (χ3n) is 18.8. The molecule has 0 spiro atoms. The first kappa shape index (κ1) is 77.0. The number of carbonyl (C=O) groups excluding carboxylic acids is 3. The van der Waals surface area contributed by atoms with E-state index in [0.29, 0.717) is 36.5 Å². The molecule has 18 heteroatoms. The first-order chi connectivity index (χ1) is 50.8. The molecule has 106 heavy (non-hydrogen) atoms. The van der Waals surface area contributed by atoms with Crippen molar-refractivity contribution in [1.29, 1.82) is 0 Å². The molecule has 6 aromatic heterocycles. The van der Waals surface area contributed by atoms with Crippen LogP contribution in [0.25, 0.3) is 77.5 Å². The average molecular weight is 1450 g/mol. The van der Waals surface area contributed by atoms with Crippen LogP contribution in [0.4, 0.5) is 18.9 Å². The van der Waals surface area contributed by atoms with Gasteiger partial charge < -0.3 is 14.2 Å². The van der Waals surface area contributed by atoms with Gasteiger partial charge in [-0.3, -0.25) is 24.5 Å². The lowest BCUT2D eigenvalue weighted by molar-refractivity contribution is -0.661. The van der Waals surface area contributed by atoms with Crippen LogP contribution in [0.1, 0.15) is 96.8 Å². The summed E-state index contributed by atoms with van der Waals surface area (Å²) < 4.78 is 64.9. The molecule has 0 bridgehead atoms. The Labute approximate surface area is 621 Å². The lowest BCUT2D eigenvalue weighted by Crippen LogP contribution is -2.32. The van der Waals surface area contributed by atoms with E-state index in [1.54, 1.807) is 54.4 Å². The maximum absolute atomic E-state index is 12.7. The zero-order chi connectivity index (χ0) is 75.9. The lowest BCUT2D eigenvalue weighted by Gasteiger charge is -2.18. The number of benzene rings is 6. The molecule has 6 heterocycles. The third-order valence-corrected chi connectivity index (χ3v) is 19.9. The Morgan fingerprint density at radius 3 is 1.75 bits per heavy atom. The van der Waals surface area contributed by atoms with Crippen molar-refractivity contribution in [1.82, 2.24) is 0 Å². The molecule has 0 saturated carbocycles. The van der Waals surface area contributed by atoms with Gasteiger partial charge in [0.25, 0.3) is 12.2 Å². The molecule has 0 aliphatic heterocycles. The van der Waals surface area contributed by atoms with Gasteiger partial charge in [-0.05, 0) is 191 Å². The molecule has 14 rings (SSSR count). The maximum Gasteiger partial charge on any atom is 0.422 e. The highest BCUT2D eigenvalue weighted by Crippen LogP contribution is 2.39. The molecule has 6 aromatic carbocycles. The fourth-order valence-corrected chi connectivity index (χ4v) is 14.4. The summed E-state index contributed by atoms with van der Waals surface area (Å²) in [6.07, 6.45) is 12.3. The zero-order valence-electron chi connectivity index (χ0n) is 61.9. The summed E-state index contributed by atoms with van der Waals surface area (Å²) in [6.45, 7) is 16.0. The second-order valence-electron chi connectivity index (χ2n) is 26.2. The molecule has 540 valence electrons. The van der Waals surface area contributed by atoms with Crippen LogP contribution in [-0.2, 0) is 70.4 Å². The third kappa shape index (κ3) is 18.5. The Morgan fingerprint density at radius 1 is 0.500 bits per heavy atom. The molecule has 0 radical (unpaired) electrons. The highest BCUT2D eigenvalue weighted by Gasteiger charge is 2.34. The molecule has 0 amide bonds. The van der Waals surface area contributed by atoms with Gasteiger partial charge in [0.15, 0.2) is 42.1 Å². The molecule has 12 aromatic rings. The van der Waals surface area contributed by atoms with Crippen molar-refractivity contribution < 1.29 is 69.5 Å². The predicted octanol–water partition coefficient (Wildman–Crippen LogP) is 17.5. The molecule has 2 aliphatic rings. The fourth-order valence-electron chi connectivity index (χ4n) is 13.3. The van der Waals surface area contributed by atoms with Gasteiger partial charge in [0, 0.05) is 78.7 Å². The van der Waals surface area contributed by atoms with Gasteiger partial charge in [-0.2, -0.15) is 17.7 Å². The number of hydrogen-bond acceptors (Lipinski definition) is 9. The number of thiophene rings is 1. The number of rotatable bonds is 14. The Balaban J connectivity index is 0.000000142. The van der Waals surface area contributed by atoms with Gasteiger partial charge in [-0.15, -0.1) is 11.3 Å². The number of nitrogens with zero attached hydrogens (tertiary/aromatic N) is 6. The van der Waals surface area contributed by atoms with E-state index in [1.165, 1.54) is 114 Å². The summed E-state index contributed by atoms with van der Waals surface area (Å²) in [5, 5.41) is 12.1. The van der Waals surface area contributed by atoms with E-state index in [9.17, 15) is 37.7 Å². The fraction of sp³-hybridized carbons (Fsp3) is 0.227. The number of ether oxygens (including phenoxy) is 3. The minimum atomic E-state index is -4.37. The summed E-state index contributed by atoms with van der Waals surface area (Å²) in [5.41, 5.74) is 21.7. The van der Waals surface area contributed by atoms with E-state index in [0.717, 1.165) is 73.9 Å². The van der Waals surface area contributed by atoms with Crippen LogP contribution >= 0.6 is 11.3 Å². The second kappa shape index (κ2) is 34.8. The van der Waals surface area contributed by atoms with Crippen LogP contribution < -0.4 is 32.3 Å². The quantitative estimate of drug-likeness (QED) is 0.0453. The van der Waals surface area contributed by atoms with Gasteiger partial charge in [0.1, 0.15) is 53.2 Å². The highest BCUT2D eigenvalue weighted by atomic mass is 32.1. The molecule has 0 saturated heterocycles. The van der Waals surface area contributed by atoms with E-state index in [4.69, 9.17) is 14.2 Å². The predicted molar refractivity (Wildman–Crippen MR) is 409 cm³/mol. The summed E-state index contributed by atoms with van der Waals surface area (Å²) in [6, 6.07) is 59.2. The minimum Gasteiger partial charge on any atom is -0.493 e. The molecule has 0 unspecified atom stereocenters. The number of alkyl halides is 3. The van der Waals surface area contributed by atoms with Crippen LogP contribution in [0.3, 0.4) is 0 Å². The number of aryl methyl sites for hydroxylation is 12. The monoisotopic (exact) mass is 1450 g/mol. The second-order valence-corrected chi connectivity index (χ2v) is 27.5. The summed E-state index contributed by atoms with van der Waals surface area (Å²) in [4.78, 5) is 46.1. The highest BCUT2D eigenvalue weighted by molar-refractivity contribution is 7.19. The van der Waals surface area contributed by atoms with Gasteiger partial charge in [-0.1, -0.05) is 78.9 Å². The van der Waals surface area contributed by atoms with E-state index in [-0.39, 0.29) is 28.8 Å². The molecule has 2 aliphatic carbocycles. The molecule has 0 atom stereocenters.